The van der Waals surface area contributed by atoms with Gasteiger partial charge in [-0.25, -0.2) is 0 Å². The van der Waals surface area contributed by atoms with Gasteiger partial charge in [0.2, 0.25) is 0 Å². The van der Waals surface area contributed by atoms with Crippen LogP contribution in [0.5, 0.6) is 0 Å². The summed E-state index contributed by atoms with van der Waals surface area (Å²) in [6.45, 7) is 1.09. The second kappa shape index (κ2) is 4.56. The van der Waals surface area contributed by atoms with Crippen molar-refractivity contribution in [2.24, 2.45) is 11.7 Å². The molecule has 6 nitrogen and oxygen atoms in total. The summed E-state index contributed by atoms with van der Waals surface area (Å²) < 4.78 is 0. The van der Waals surface area contributed by atoms with Gasteiger partial charge in [0.05, 0.1) is 0 Å². The Balaban J connectivity index is 4.35. The SMILES string of the molecule is CC(=O)C(C[C@H](N)C(=O)O)C(=O)O. The Labute approximate surface area is 74.3 Å². The monoisotopic (exact) mass is 189 g/mol. The van der Waals surface area contributed by atoms with Gasteiger partial charge >= 0.3 is 11.9 Å². The van der Waals surface area contributed by atoms with E-state index in [1.54, 1.807) is 0 Å². The lowest BCUT2D eigenvalue weighted by Crippen LogP contribution is -2.36. The highest BCUT2D eigenvalue weighted by Gasteiger charge is 2.27. The Morgan fingerprint density at radius 1 is 1.23 bits per heavy atom. The topological polar surface area (TPSA) is 118 Å². The molecule has 1 unspecified atom stereocenters. The lowest BCUT2D eigenvalue weighted by Gasteiger charge is -2.11. The number of hydrogen-bond acceptors (Lipinski definition) is 4. The van der Waals surface area contributed by atoms with Gasteiger partial charge in [-0.15, -0.1) is 0 Å². The number of ketones is 1. The van der Waals surface area contributed by atoms with Crippen molar-refractivity contribution in [3.05, 3.63) is 0 Å². The first-order chi connectivity index (χ1) is 5.86. The van der Waals surface area contributed by atoms with E-state index in [-0.39, 0.29) is 6.42 Å². The Morgan fingerprint density at radius 3 is 1.92 bits per heavy atom. The van der Waals surface area contributed by atoms with Gasteiger partial charge in [0.15, 0.2) is 0 Å². The van der Waals surface area contributed by atoms with Crippen LogP contribution in [0.25, 0.3) is 0 Å². The molecule has 0 aliphatic rings. The summed E-state index contributed by atoms with van der Waals surface area (Å²) in [6, 6.07) is -1.31. The average molecular weight is 189 g/mol. The number of carboxylic acids is 2. The van der Waals surface area contributed by atoms with Crippen LogP contribution in [-0.4, -0.2) is 34.0 Å². The van der Waals surface area contributed by atoms with Gasteiger partial charge in [-0.05, 0) is 13.3 Å². The minimum atomic E-state index is -1.34. The van der Waals surface area contributed by atoms with Crippen molar-refractivity contribution < 1.29 is 24.6 Å². The summed E-state index contributed by atoms with van der Waals surface area (Å²) in [5.74, 6) is -4.58. The van der Waals surface area contributed by atoms with E-state index < -0.39 is 29.7 Å². The molecule has 0 aliphatic carbocycles. The number of Topliss-reactive ketones (excluding diaryl/α,β-unsaturated/α-hetero) is 1. The van der Waals surface area contributed by atoms with Crippen molar-refractivity contribution in [1.29, 1.82) is 0 Å². The number of aliphatic carboxylic acids is 2. The molecule has 0 saturated carbocycles. The van der Waals surface area contributed by atoms with Gasteiger partial charge in [-0.3, -0.25) is 14.4 Å². The number of rotatable bonds is 5. The highest BCUT2D eigenvalue weighted by molar-refractivity contribution is 5.97. The number of carbonyl (C=O) groups excluding carboxylic acids is 1. The average Bonchev–Trinajstić information content (AvgIpc) is 1.97. The van der Waals surface area contributed by atoms with Crippen LogP contribution in [0, 0.1) is 5.92 Å². The normalized spacial score (nSPS) is 14.6. The van der Waals surface area contributed by atoms with Crippen LogP contribution in [0.1, 0.15) is 13.3 Å². The highest BCUT2D eigenvalue weighted by atomic mass is 16.4. The maximum atomic E-state index is 10.7. The predicted octanol–water partition coefficient (Wildman–Crippen LogP) is -0.922. The van der Waals surface area contributed by atoms with E-state index in [0.717, 1.165) is 6.92 Å². The smallest absolute Gasteiger partial charge is 0.320 e. The zero-order valence-electron chi connectivity index (χ0n) is 7.06. The lowest BCUT2D eigenvalue weighted by atomic mass is 9.97. The molecule has 74 valence electrons. The van der Waals surface area contributed by atoms with Crippen molar-refractivity contribution in [3.63, 3.8) is 0 Å². The molecule has 0 amide bonds. The molecule has 0 bridgehead atoms. The maximum Gasteiger partial charge on any atom is 0.320 e. The van der Waals surface area contributed by atoms with E-state index in [2.05, 4.69) is 0 Å². The van der Waals surface area contributed by atoms with Crippen LogP contribution < -0.4 is 5.73 Å². The van der Waals surface area contributed by atoms with Crippen LogP contribution in [0.4, 0.5) is 0 Å². The zero-order valence-corrected chi connectivity index (χ0v) is 7.06. The van der Waals surface area contributed by atoms with Gasteiger partial charge in [0.1, 0.15) is 17.7 Å². The summed E-state index contributed by atoms with van der Waals surface area (Å²) in [6.07, 6.45) is -0.375. The summed E-state index contributed by atoms with van der Waals surface area (Å²) in [7, 11) is 0. The highest BCUT2D eigenvalue weighted by Crippen LogP contribution is 2.07. The van der Waals surface area contributed by atoms with Gasteiger partial charge in [0, 0.05) is 0 Å². The number of hydrogen-bond donors (Lipinski definition) is 3. The molecule has 0 saturated heterocycles. The summed E-state index contributed by atoms with van der Waals surface area (Å²) >= 11 is 0. The molecule has 0 aromatic rings. The second-order valence-corrected chi connectivity index (χ2v) is 2.68. The largest absolute Gasteiger partial charge is 0.481 e. The first-order valence-electron chi connectivity index (χ1n) is 3.58. The molecule has 0 rings (SSSR count). The van der Waals surface area contributed by atoms with Crippen molar-refractivity contribution in [1.82, 2.24) is 0 Å². The molecular formula is C7H11NO5. The second-order valence-electron chi connectivity index (χ2n) is 2.68. The molecule has 13 heavy (non-hydrogen) atoms. The summed E-state index contributed by atoms with van der Waals surface area (Å²) in [4.78, 5) is 31.4. The van der Waals surface area contributed by atoms with Crippen molar-refractivity contribution in [2.45, 2.75) is 19.4 Å². The molecule has 4 N–H and O–H groups in total. The van der Waals surface area contributed by atoms with E-state index >= 15 is 0 Å². The van der Waals surface area contributed by atoms with E-state index in [9.17, 15) is 14.4 Å². The van der Waals surface area contributed by atoms with Crippen LogP contribution in [0.15, 0.2) is 0 Å². The van der Waals surface area contributed by atoms with E-state index in [4.69, 9.17) is 15.9 Å². The molecule has 0 radical (unpaired) electrons. The predicted molar refractivity (Wildman–Crippen MR) is 42.0 cm³/mol. The molecule has 0 heterocycles. The minimum Gasteiger partial charge on any atom is -0.481 e. The Bertz CT molecular complexity index is 223. The third-order valence-corrected chi connectivity index (χ3v) is 1.60. The molecular weight excluding hydrogens is 178 g/mol. The van der Waals surface area contributed by atoms with Gasteiger partial charge in [0.25, 0.3) is 0 Å². The zero-order chi connectivity index (χ0) is 10.6. The fourth-order valence-electron chi connectivity index (χ4n) is 0.795. The van der Waals surface area contributed by atoms with Gasteiger partial charge < -0.3 is 15.9 Å². The summed E-state index contributed by atoms with van der Waals surface area (Å²) in [5.41, 5.74) is 5.08. The van der Waals surface area contributed by atoms with E-state index in [1.807, 2.05) is 0 Å². The van der Waals surface area contributed by atoms with E-state index in [1.165, 1.54) is 0 Å². The Kier molecular flexibility index (Phi) is 4.06. The molecule has 0 aromatic carbocycles. The Morgan fingerprint density at radius 2 is 1.69 bits per heavy atom. The maximum absolute atomic E-state index is 10.7. The van der Waals surface area contributed by atoms with Crippen LogP contribution in [0.2, 0.25) is 0 Å². The standard InChI is InChI=1S/C7H11NO5/c1-3(9)4(6(10)11)2-5(8)7(12)13/h4-5H,2,8H2,1H3,(H,10,11)(H,12,13)/t4?,5-/m0/s1. The van der Waals surface area contributed by atoms with Crippen molar-refractivity contribution in [3.8, 4) is 0 Å². The number of carboxylic acid groups (broad SMARTS) is 2. The van der Waals surface area contributed by atoms with Gasteiger partial charge in [-0.2, -0.15) is 0 Å². The molecule has 6 heteroatoms. The third-order valence-electron chi connectivity index (χ3n) is 1.60. The fraction of sp³-hybridized carbons (Fsp3) is 0.571. The molecule has 0 aromatic heterocycles. The van der Waals surface area contributed by atoms with Crippen LogP contribution >= 0.6 is 0 Å². The number of carbonyl (C=O) groups is 3. The lowest BCUT2D eigenvalue weighted by molar-refractivity contribution is -0.147. The minimum absolute atomic E-state index is 0.375. The fourth-order valence-corrected chi connectivity index (χ4v) is 0.795. The van der Waals surface area contributed by atoms with E-state index in [0.29, 0.717) is 0 Å². The molecule has 0 spiro atoms. The third kappa shape index (κ3) is 3.66. The van der Waals surface area contributed by atoms with Crippen LogP contribution in [-0.2, 0) is 14.4 Å². The molecule has 0 aliphatic heterocycles. The number of nitrogens with two attached hydrogens (primary N) is 1. The van der Waals surface area contributed by atoms with Crippen molar-refractivity contribution >= 4 is 17.7 Å². The Hall–Kier alpha value is -1.43. The first-order valence-corrected chi connectivity index (χ1v) is 3.58. The summed E-state index contributed by atoms with van der Waals surface area (Å²) in [5, 5.41) is 16.9. The molecule has 2 atom stereocenters. The van der Waals surface area contributed by atoms with Crippen molar-refractivity contribution in [2.75, 3.05) is 0 Å². The first kappa shape index (κ1) is 11.6. The molecule has 0 fully saturated rings. The van der Waals surface area contributed by atoms with Crippen LogP contribution in [0.3, 0.4) is 0 Å². The van der Waals surface area contributed by atoms with Gasteiger partial charge in [-0.1, -0.05) is 0 Å². The quantitative estimate of drug-likeness (QED) is 0.481.